The van der Waals surface area contributed by atoms with E-state index in [2.05, 4.69) is 0 Å². The molecule has 0 spiro atoms. The Morgan fingerprint density at radius 1 is 0.419 bits per heavy atom. The first-order valence-electron chi connectivity index (χ1n) is 8.53. The number of hydrogen-bond donors (Lipinski definition) is 0. The predicted molar refractivity (Wildman–Crippen MR) is 96.5 cm³/mol. The number of benzene rings is 3. The van der Waals surface area contributed by atoms with Crippen LogP contribution in [0.25, 0.3) is 0 Å². The van der Waals surface area contributed by atoms with E-state index in [1.54, 1.807) is 0 Å². The molecular weight excluding hydrogens is 455 g/mol. The molecule has 0 aliphatic heterocycles. The van der Waals surface area contributed by atoms with Gasteiger partial charge in [-0.15, -0.1) is 0 Å². The quantitative estimate of drug-likeness (QED) is 0.272. The zero-order chi connectivity index (χ0) is 23.0. The molecule has 10 heteroatoms. The van der Waals surface area contributed by atoms with Crippen molar-refractivity contribution in [1.29, 1.82) is 0 Å². The molecule has 3 aromatic rings. The molecule has 0 saturated carbocycles. The summed E-state index contributed by atoms with van der Waals surface area (Å²) in [5.41, 5.74) is -2.87. The average molecular weight is 467 g/mol. The van der Waals surface area contributed by atoms with Gasteiger partial charge in [-0.3, -0.25) is 0 Å². The van der Waals surface area contributed by atoms with Gasteiger partial charge in [0, 0.05) is 6.07 Å². The molecule has 0 saturated heterocycles. The van der Waals surface area contributed by atoms with Crippen LogP contribution >= 0.6 is 0 Å². The summed E-state index contributed by atoms with van der Waals surface area (Å²) in [6, 6.07) is 11.8. The molecule has 0 atom stereocenters. The van der Waals surface area contributed by atoms with Gasteiger partial charge >= 0.3 is 18.5 Å². The van der Waals surface area contributed by atoms with Crippen molar-refractivity contribution in [3.05, 3.63) is 89.5 Å². The van der Waals surface area contributed by atoms with Crippen molar-refractivity contribution in [1.82, 2.24) is 0 Å². The highest BCUT2D eigenvalue weighted by atomic mass is 32.2. The molecular formula is C21H12F9S+. The minimum atomic E-state index is -4.66. The van der Waals surface area contributed by atoms with Gasteiger partial charge in [-0.05, 0) is 60.7 Å². The topological polar surface area (TPSA) is 0 Å². The molecule has 0 amide bonds. The van der Waals surface area contributed by atoms with Gasteiger partial charge in [0.1, 0.15) is 0 Å². The van der Waals surface area contributed by atoms with Gasteiger partial charge in [0.05, 0.1) is 27.6 Å². The SMILES string of the molecule is FC(F)(F)c1ccc([S+](c2ccc(C(F)(F)F)cc2)c2cccc(C(F)(F)F)c2)cc1. The normalized spacial score (nSPS) is 13.0. The zero-order valence-electron chi connectivity index (χ0n) is 15.2. The third kappa shape index (κ3) is 5.36. The number of rotatable bonds is 3. The molecule has 0 fully saturated rings. The van der Waals surface area contributed by atoms with Gasteiger partial charge in [-0.2, -0.15) is 39.5 Å². The second kappa shape index (κ2) is 8.14. The molecule has 0 aliphatic carbocycles. The van der Waals surface area contributed by atoms with Crippen LogP contribution in [0.1, 0.15) is 16.7 Å². The molecule has 0 N–H and O–H groups in total. The van der Waals surface area contributed by atoms with Crippen molar-refractivity contribution in [2.75, 3.05) is 0 Å². The second-order valence-electron chi connectivity index (χ2n) is 6.38. The monoisotopic (exact) mass is 467 g/mol. The Bertz CT molecular complexity index is 973. The maximum atomic E-state index is 13.2. The Morgan fingerprint density at radius 3 is 1.16 bits per heavy atom. The highest BCUT2D eigenvalue weighted by Crippen LogP contribution is 2.38. The minimum absolute atomic E-state index is 0.106. The summed E-state index contributed by atoms with van der Waals surface area (Å²) >= 11 is 0. The van der Waals surface area contributed by atoms with E-state index < -0.39 is 46.1 Å². The lowest BCUT2D eigenvalue weighted by Gasteiger charge is -2.13. The summed E-state index contributed by atoms with van der Waals surface area (Å²) < 4.78 is 117. The molecule has 0 radical (unpaired) electrons. The summed E-state index contributed by atoms with van der Waals surface area (Å²) in [6.45, 7) is 0. The molecule has 0 aliphatic rings. The molecule has 0 heterocycles. The average Bonchev–Trinajstić information content (AvgIpc) is 2.67. The summed E-state index contributed by atoms with van der Waals surface area (Å²) in [7, 11) is -1.36. The Hall–Kier alpha value is -2.62. The molecule has 3 aromatic carbocycles. The maximum Gasteiger partial charge on any atom is 0.416 e. The summed E-state index contributed by atoms with van der Waals surface area (Å²) in [4.78, 5) is 0.563. The molecule has 164 valence electrons. The first-order valence-corrected chi connectivity index (χ1v) is 9.75. The van der Waals surface area contributed by atoms with Crippen molar-refractivity contribution in [2.45, 2.75) is 33.2 Å². The predicted octanol–water partition coefficient (Wildman–Crippen LogP) is 7.84. The van der Waals surface area contributed by atoms with Crippen LogP contribution in [0.3, 0.4) is 0 Å². The Kier molecular flexibility index (Phi) is 6.05. The highest BCUT2D eigenvalue weighted by molar-refractivity contribution is 7.97. The van der Waals surface area contributed by atoms with Crippen LogP contribution in [0.5, 0.6) is 0 Å². The third-order valence-corrected chi connectivity index (χ3v) is 6.44. The van der Waals surface area contributed by atoms with Gasteiger partial charge in [0.25, 0.3) is 0 Å². The maximum absolute atomic E-state index is 13.2. The van der Waals surface area contributed by atoms with E-state index in [0.717, 1.165) is 66.7 Å². The van der Waals surface area contributed by atoms with Crippen molar-refractivity contribution in [3.8, 4) is 0 Å². The van der Waals surface area contributed by atoms with E-state index in [1.807, 2.05) is 0 Å². The first kappa shape index (κ1) is 23.1. The molecule has 0 nitrogen and oxygen atoms in total. The summed E-state index contributed by atoms with van der Waals surface area (Å²) in [6.07, 6.45) is -13.9. The molecule has 0 unspecified atom stereocenters. The fraction of sp³-hybridized carbons (Fsp3) is 0.143. The van der Waals surface area contributed by atoms with Crippen molar-refractivity contribution >= 4 is 10.9 Å². The van der Waals surface area contributed by atoms with Crippen LogP contribution in [0, 0.1) is 0 Å². The van der Waals surface area contributed by atoms with E-state index in [9.17, 15) is 39.5 Å². The van der Waals surface area contributed by atoms with Gasteiger partial charge in [0.15, 0.2) is 14.7 Å². The zero-order valence-corrected chi connectivity index (χ0v) is 16.1. The van der Waals surface area contributed by atoms with Gasteiger partial charge < -0.3 is 0 Å². The lowest BCUT2D eigenvalue weighted by atomic mass is 10.2. The van der Waals surface area contributed by atoms with Crippen LogP contribution in [0.2, 0.25) is 0 Å². The number of halogens is 9. The van der Waals surface area contributed by atoms with Gasteiger partial charge in [0.2, 0.25) is 0 Å². The Morgan fingerprint density at radius 2 is 0.806 bits per heavy atom. The van der Waals surface area contributed by atoms with E-state index >= 15 is 0 Å². The van der Waals surface area contributed by atoms with E-state index in [1.165, 1.54) is 6.07 Å². The third-order valence-electron chi connectivity index (χ3n) is 4.23. The molecule has 0 aromatic heterocycles. The molecule has 3 rings (SSSR count). The molecule has 31 heavy (non-hydrogen) atoms. The van der Waals surface area contributed by atoms with E-state index in [-0.39, 0.29) is 14.7 Å². The highest BCUT2D eigenvalue weighted by Gasteiger charge is 2.37. The Labute approximate surface area is 173 Å². The minimum Gasteiger partial charge on any atom is -0.166 e. The van der Waals surface area contributed by atoms with E-state index in [4.69, 9.17) is 0 Å². The van der Waals surface area contributed by atoms with Crippen LogP contribution in [0.4, 0.5) is 39.5 Å². The van der Waals surface area contributed by atoms with Crippen LogP contribution < -0.4 is 0 Å². The smallest absolute Gasteiger partial charge is 0.166 e. The number of hydrogen-bond acceptors (Lipinski definition) is 0. The standard InChI is InChI=1S/C21H12F9S/c22-19(23,24)13-4-8-16(9-5-13)31(17-10-6-14(7-11-17)20(25,26)27)18-3-1-2-15(12-18)21(28,29)30/h1-12H/q+1. The van der Waals surface area contributed by atoms with E-state index in [0.29, 0.717) is 0 Å². The first-order chi connectivity index (χ1) is 14.3. The van der Waals surface area contributed by atoms with Crippen LogP contribution in [-0.2, 0) is 29.4 Å². The Balaban J connectivity index is 2.13. The van der Waals surface area contributed by atoms with Crippen LogP contribution in [-0.4, -0.2) is 0 Å². The largest absolute Gasteiger partial charge is 0.416 e. The molecule has 0 bridgehead atoms. The van der Waals surface area contributed by atoms with Gasteiger partial charge in [-0.1, -0.05) is 6.07 Å². The fourth-order valence-electron chi connectivity index (χ4n) is 2.77. The van der Waals surface area contributed by atoms with Crippen molar-refractivity contribution in [3.63, 3.8) is 0 Å². The lowest BCUT2D eigenvalue weighted by molar-refractivity contribution is -0.138. The fourth-order valence-corrected chi connectivity index (χ4v) is 4.86. The van der Waals surface area contributed by atoms with Crippen molar-refractivity contribution < 1.29 is 39.5 Å². The lowest BCUT2D eigenvalue weighted by Crippen LogP contribution is -2.11. The second-order valence-corrected chi connectivity index (χ2v) is 8.40. The van der Waals surface area contributed by atoms with Crippen LogP contribution in [0.15, 0.2) is 87.5 Å². The summed E-state index contributed by atoms with van der Waals surface area (Å²) in [5.74, 6) is 0. The number of alkyl halides is 9. The van der Waals surface area contributed by atoms with Gasteiger partial charge in [-0.25, -0.2) is 0 Å². The summed E-state index contributed by atoms with van der Waals surface area (Å²) in [5, 5.41) is 0. The van der Waals surface area contributed by atoms with Crippen molar-refractivity contribution in [2.24, 2.45) is 0 Å².